The first kappa shape index (κ1) is 18.9. The van der Waals surface area contributed by atoms with Crippen molar-refractivity contribution >= 4 is 23.2 Å². The molecule has 0 atom stereocenters. The lowest BCUT2D eigenvalue weighted by Crippen LogP contribution is -2.21. The molecule has 0 bridgehead atoms. The molecule has 1 aliphatic rings. The third-order valence-electron chi connectivity index (χ3n) is 5.21. The fraction of sp³-hybridized carbons (Fsp3) is 0.261. The average molecular weight is 388 g/mol. The number of nitrogens with zero attached hydrogens (tertiary/aromatic N) is 2. The van der Waals surface area contributed by atoms with Crippen molar-refractivity contribution in [1.82, 2.24) is 9.55 Å². The number of para-hydroxylation sites is 1. The zero-order chi connectivity index (χ0) is 20.4. The Labute approximate surface area is 170 Å². The first-order valence-electron chi connectivity index (χ1n) is 9.87. The van der Waals surface area contributed by atoms with Crippen molar-refractivity contribution in [2.24, 2.45) is 0 Å². The van der Waals surface area contributed by atoms with Crippen molar-refractivity contribution < 1.29 is 9.59 Å². The Morgan fingerprint density at radius 3 is 2.55 bits per heavy atom. The molecule has 4 rings (SSSR count). The maximum atomic E-state index is 13.0. The van der Waals surface area contributed by atoms with Crippen LogP contribution in [0, 0.1) is 13.8 Å². The Morgan fingerprint density at radius 1 is 0.966 bits per heavy atom. The zero-order valence-electron chi connectivity index (χ0n) is 16.7. The summed E-state index contributed by atoms with van der Waals surface area (Å²) in [6, 6.07) is 15.2. The van der Waals surface area contributed by atoms with Gasteiger partial charge in [-0.25, -0.2) is 4.98 Å². The summed E-state index contributed by atoms with van der Waals surface area (Å²) in [5.41, 5.74) is 4.68. The number of rotatable bonds is 4. The summed E-state index contributed by atoms with van der Waals surface area (Å²) in [4.78, 5) is 30.4. The summed E-state index contributed by atoms with van der Waals surface area (Å²) >= 11 is 0. The van der Waals surface area contributed by atoms with Crippen molar-refractivity contribution in [3.05, 3.63) is 76.9 Å². The van der Waals surface area contributed by atoms with Gasteiger partial charge in [-0.1, -0.05) is 30.3 Å². The number of amides is 2. The van der Waals surface area contributed by atoms with Crippen LogP contribution in [0.15, 0.2) is 48.5 Å². The number of hydrogen-bond donors (Lipinski definition) is 2. The summed E-state index contributed by atoms with van der Waals surface area (Å²) in [5, 5.41) is 5.85. The number of benzene rings is 2. The third kappa shape index (κ3) is 3.92. The van der Waals surface area contributed by atoms with E-state index >= 15 is 0 Å². The van der Waals surface area contributed by atoms with Gasteiger partial charge in [0.1, 0.15) is 0 Å². The Bertz CT molecular complexity index is 1070. The SMILES string of the molecule is Cc1ccc(C)c(NC(=O)c2nc(C(=O)Nc3ccccc3)c3n2CCCC3)c1. The molecule has 0 radical (unpaired) electrons. The van der Waals surface area contributed by atoms with Crippen molar-refractivity contribution in [3.8, 4) is 0 Å². The van der Waals surface area contributed by atoms with E-state index in [9.17, 15) is 9.59 Å². The van der Waals surface area contributed by atoms with Crippen LogP contribution in [0.3, 0.4) is 0 Å². The van der Waals surface area contributed by atoms with Gasteiger partial charge in [-0.3, -0.25) is 9.59 Å². The van der Waals surface area contributed by atoms with Crippen molar-refractivity contribution in [1.29, 1.82) is 0 Å². The lowest BCUT2D eigenvalue weighted by atomic mass is 10.1. The van der Waals surface area contributed by atoms with Crippen LogP contribution in [-0.2, 0) is 13.0 Å². The topological polar surface area (TPSA) is 76.0 Å². The van der Waals surface area contributed by atoms with Crippen LogP contribution in [0.4, 0.5) is 11.4 Å². The molecule has 0 fully saturated rings. The molecular weight excluding hydrogens is 364 g/mol. The predicted octanol–water partition coefficient (Wildman–Crippen LogP) is 4.34. The smallest absolute Gasteiger partial charge is 0.291 e. The average Bonchev–Trinajstić information content (AvgIpc) is 3.11. The molecule has 6 nitrogen and oxygen atoms in total. The van der Waals surface area contributed by atoms with E-state index in [2.05, 4.69) is 15.6 Å². The fourth-order valence-electron chi connectivity index (χ4n) is 3.66. The summed E-state index contributed by atoms with van der Waals surface area (Å²) in [6.07, 6.45) is 2.68. The summed E-state index contributed by atoms with van der Waals surface area (Å²) < 4.78 is 1.89. The molecule has 0 saturated heterocycles. The number of hydrogen-bond acceptors (Lipinski definition) is 3. The quantitative estimate of drug-likeness (QED) is 0.698. The number of aromatic nitrogens is 2. The molecule has 148 valence electrons. The highest BCUT2D eigenvalue weighted by Gasteiger charge is 2.27. The predicted molar refractivity (Wildman–Crippen MR) is 113 cm³/mol. The molecule has 1 aliphatic heterocycles. The van der Waals surface area contributed by atoms with E-state index in [1.807, 2.05) is 66.9 Å². The molecule has 2 amide bonds. The number of aryl methyl sites for hydroxylation is 2. The number of anilines is 2. The highest BCUT2D eigenvalue weighted by Crippen LogP contribution is 2.24. The number of imidazole rings is 1. The molecule has 0 spiro atoms. The van der Waals surface area contributed by atoms with E-state index < -0.39 is 0 Å². The maximum Gasteiger partial charge on any atom is 0.291 e. The largest absolute Gasteiger partial charge is 0.323 e. The van der Waals surface area contributed by atoms with Gasteiger partial charge in [-0.05, 0) is 62.4 Å². The maximum absolute atomic E-state index is 13.0. The number of carbonyl (C=O) groups is 2. The van der Waals surface area contributed by atoms with Gasteiger partial charge in [0.15, 0.2) is 11.5 Å². The molecular formula is C23H24N4O2. The Morgan fingerprint density at radius 2 is 1.76 bits per heavy atom. The van der Waals surface area contributed by atoms with Gasteiger partial charge in [-0.2, -0.15) is 0 Å². The van der Waals surface area contributed by atoms with Gasteiger partial charge < -0.3 is 15.2 Å². The third-order valence-corrected chi connectivity index (χ3v) is 5.21. The highest BCUT2D eigenvalue weighted by molar-refractivity contribution is 6.07. The van der Waals surface area contributed by atoms with E-state index in [-0.39, 0.29) is 11.8 Å². The Kier molecular flexibility index (Phi) is 5.16. The standard InChI is InChI=1S/C23H24N4O2/c1-15-11-12-16(2)18(14-15)25-23(29)21-26-20(19-10-6-7-13-27(19)21)22(28)24-17-8-4-3-5-9-17/h3-5,8-9,11-12,14H,6-7,10,13H2,1-2H3,(H,24,28)(H,25,29). The summed E-state index contributed by atoms with van der Waals surface area (Å²) in [6.45, 7) is 4.63. The molecule has 3 aromatic rings. The van der Waals surface area contributed by atoms with Crippen LogP contribution in [0.1, 0.15) is 50.8 Å². The van der Waals surface area contributed by atoms with E-state index in [0.717, 1.165) is 41.8 Å². The van der Waals surface area contributed by atoms with Gasteiger partial charge in [-0.15, -0.1) is 0 Å². The van der Waals surface area contributed by atoms with Crippen LogP contribution in [0.25, 0.3) is 0 Å². The molecule has 2 aromatic carbocycles. The lowest BCUT2D eigenvalue weighted by molar-refractivity contribution is 0.101. The molecule has 1 aromatic heterocycles. The van der Waals surface area contributed by atoms with Crippen molar-refractivity contribution in [3.63, 3.8) is 0 Å². The van der Waals surface area contributed by atoms with Gasteiger partial charge in [0.2, 0.25) is 0 Å². The van der Waals surface area contributed by atoms with Gasteiger partial charge in [0.05, 0.1) is 5.69 Å². The van der Waals surface area contributed by atoms with Crippen molar-refractivity contribution in [2.45, 2.75) is 39.7 Å². The van der Waals surface area contributed by atoms with E-state index in [1.165, 1.54) is 0 Å². The summed E-state index contributed by atoms with van der Waals surface area (Å²) in [5.74, 6) is -0.285. The minimum absolute atomic E-state index is 0.285. The van der Waals surface area contributed by atoms with E-state index in [1.54, 1.807) is 0 Å². The number of fused-ring (bicyclic) bond motifs is 1. The minimum Gasteiger partial charge on any atom is -0.323 e. The molecule has 6 heteroatoms. The fourth-order valence-corrected chi connectivity index (χ4v) is 3.66. The normalized spacial score (nSPS) is 12.9. The lowest BCUT2D eigenvalue weighted by Gasteiger charge is -2.17. The van der Waals surface area contributed by atoms with Crippen LogP contribution < -0.4 is 10.6 Å². The second kappa shape index (κ2) is 7.91. The van der Waals surface area contributed by atoms with Crippen LogP contribution in [0.2, 0.25) is 0 Å². The monoisotopic (exact) mass is 388 g/mol. The molecule has 2 N–H and O–H groups in total. The zero-order valence-corrected chi connectivity index (χ0v) is 16.7. The second-order valence-electron chi connectivity index (χ2n) is 7.43. The Hall–Kier alpha value is -3.41. The van der Waals surface area contributed by atoms with E-state index in [0.29, 0.717) is 23.8 Å². The van der Waals surface area contributed by atoms with E-state index in [4.69, 9.17) is 0 Å². The molecule has 2 heterocycles. The van der Waals surface area contributed by atoms with Crippen molar-refractivity contribution in [2.75, 3.05) is 10.6 Å². The first-order valence-corrected chi connectivity index (χ1v) is 9.87. The highest BCUT2D eigenvalue weighted by atomic mass is 16.2. The van der Waals surface area contributed by atoms with Crippen LogP contribution >= 0.6 is 0 Å². The van der Waals surface area contributed by atoms with Crippen LogP contribution in [0.5, 0.6) is 0 Å². The molecule has 0 aliphatic carbocycles. The number of nitrogens with one attached hydrogen (secondary N) is 2. The molecule has 0 unspecified atom stereocenters. The molecule has 29 heavy (non-hydrogen) atoms. The van der Waals surface area contributed by atoms with Gasteiger partial charge >= 0.3 is 0 Å². The van der Waals surface area contributed by atoms with Gasteiger partial charge in [0, 0.05) is 17.9 Å². The summed E-state index contributed by atoms with van der Waals surface area (Å²) in [7, 11) is 0. The van der Waals surface area contributed by atoms with Gasteiger partial charge in [0.25, 0.3) is 11.8 Å². The first-order chi connectivity index (χ1) is 14.0. The van der Waals surface area contributed by atoms with Crippen LogP contribution in [-0.4, -0.2) is 21.4 Å². The molecule has 0 saturated carbocycles. The minimum atomic E-state index is -0.291. The second-order valence-corrected chi connectivity index (χ2v) is 7.43. The number of carbonyl (C=O) groups excluding carboxylic acids is 2. The Balaban J connectivity index is 1.64.